The van der Waals surface area contributed by atoms with Crippen LogP contribution < -0.4 is 5.32 Å². The highest BCUT2D eigenvalue weighted by molar-refractivity contribution is 6.30. The zero-order valence-electron chi connectivity index (χ0n) is 9.01. The van der Waals surface area contributed by atoms with E-state index in [2.05, 4.69) is 5.32 Å². The molecule has 2 unspecified atom stereocenters. The van der Waals surface area contributed by atoms with E-state index in [4.69, 9.17) is 11.6 Å². The molecule has 2 atom stereocenters. The number of aliphatic hydroxyl groups excluding tert-OH is 2. The van der Waals surface area contributed by atoms with Crippen molar-refractivity contribution >= 4 is 23.3 Å². The lowest BCUT2D eigenvalue weighted by atomic mass is 10.3. The van der Waals surface area contributed by atoms with Gasteiger partial charge in [0.15, 0.2) is 0 Å². The second kappa shape index (κ2) is 4.91. The fourth-order valence-corrected chi connectivity index (χ4v) is 1.80. The minimum Gasteiger partial charge on any atom is -0.388 e. The molecule has 1 fully saturated rings. The highest BCUT2D eigenvalue weighted by Crippen LogP contribution is 2.16. The van der Waals surface area contributed by atoms with Crippen LogP contribution in [0, 0.1) is 0 Å². The predicted octanol–water partition coefficient (Wildman–Crippen LogP) is 0.909. The summed E-state index contributed by atoms with van der Waals surface area (Å²) in [6.07, 6.45) is -1.74. The third-order valence-electron chi connectivity index (χ3n) is 2.64. The predicted molar refractivity (Wildman–Crippen MR) is 64.1 cm³/mol. The molecule has 0 spiro atoms. The highest BCUT2D eigenvalue weighted by Gasteiger charge is 2.32. The van der Waals surface area contributed by atoms with Crippen LogP contribution in [0.3, 0.4) is 0 Å². The molecule has 17 heavy (non-hydrogen) atoms. The van der Waals surface area contributed by atoms with Crippen molar-refractivity contribution in [2.75, 3.05) is 18.4 Å². The fourth-order valence-electron chi connectivity index (χ4n) is 1.67. The molecule has 0 aliphatic carbocycles. The maximum absolute atomic E-state index is 11.8. The van der Waals surface area contributed by atoms with Crippen LogP contribution in [0.2, 0.25) is 5.02 Å². The van der Waals surface area contributed by atoms with Gasteiger partial charge >= 0.3 is 6.03 Å². The van der Waals surface area contributed by atoms with Gasteiger partial charge in [0.1, 0.15) is 0 Å². The third-order valence-corrected chi connectivity index (χ3v) is 2.89. The average molecular weight is 257 g/mol. The quantitative estimate of drug-likeness (QED) is 0.699. The first kappa shape index (κ1) is 12.2. The van der Waals surface area contributed by atoms with Crippen molar-refractivity contribution in [2.24, 2.45) is 0 Å². The van der Waals surface area contributed by atoms with Crippen LogP contribution in [0.15, 0.2) is 24.3 Å². The molecule has 1 heterocycles. The Labute approximate surface area is 104 Å². The van der Waals surface area contributed by atoms with E-state index < -0.39 is 12.2 Å². The zero-order valence-corrected chi connectivity index (χ0v) is 9.76. The Bertz CT molecular complexity index is 400. The Balaban J connectivity index is 1.96. The normalized spacial score (nSPS) is 23.8. The number of carbonyl (C=O) groups is 1. The highest BCUT2D eigenvalue weighted by atomic mass is 35.5. The van der Waals surface area contributed by atoms with E-state index in [0.717, 1.165) is 0 Å². The lowest BCUT2D eigenvalue weighted by Gasteiger charge is -2.16. The molecule has 5 nitrogen and oxygen atoms in total. The number of likely N-dealkylation sites (tertiary alicyclic amines) is 1. The molecule has 0 radical (unpaired) electrons. The van der Waals surface area contributed by atoms with Crippen LogP contribution in [-0.2, 0) is 0 Å². The summed E-state index contributed by atoms with van der Waals surface area (Å²) in [6, 6.07) is 6.37. The van der Waals surface area contributed by atoms with E-state index in [9.17, 15) is 15.0 Å². The van der Waals surface area contributed by atoms with Crippen molar-refractivity contribution in [3.63, 3.8) is 0 Å². The van der Waals surface area contributed by atoms with Crippen LogP contribution in [0.1, 0.15) is 0 Å². The number of rotatable bonds is 1. The third kappa shape index (κ3) is 2.88. The van der Waals surface area contributed by atoms with Crippen molar-refractivity contribution in [1.29, 1.82) is 0 Å². The SMILES string of the molecule is O=C(Nc1ccc(Cl)cc1)N1CC(O)C(O)C1. The van der Waals surface area contributed by atoms with Gasteiger partial charge in [-0.1, -0.05) is 11.6 Å². The number of nitrogens with one attached hydrogen (secondary N) is 1. The summed E-state index contributed by atoms with van der Waals surface area (Å²) in [5, 5.41) is 21.9. The molecule has 92 valence electrons. The van der Waals surface area contributed by atoms with E-state index in [1.807, 2.05) is 0 Å². The Morgan fingerprint density at radius 3 is 2.29 bits per heavy atom. The number of halogens is 1. The van der Waals surface area contributed by atoms with Gasteiger partial charge in [0, 0.05) is 10.7 Å². The van der Waals surface area contributed by atoms with E-state index in [0.29, 0.717) is 10.7 Å². The smallest absolute Gasteiger partial charge is 0.322 e. The number of urea groups is 1. The summed E-state index contributed by atoms with van der Waals surface area (Å²) >= 11 is 5.72. The largest absolute Gasteiger partial charge is 0.388 e. The number of anilines is 1. The van der Waals surface area contributed by atoms with Gasteiger partial charge in [0.25, 0.3) is 0 Å². The Morgan fingerprint density at radius 2 is 1.76 bits per heavy atom. The molecule has 2 rings (SSSR count). The van der Waals surface area contributed by atoms with Crippen LogP contribution in [0.4, 0.5) is 10.5 Å². The number of benzene rings is 1. The van der Waals surface area contributed by atoms with Gasteiger partial charge in [0.05, 0.1) is 25.3 Å². The number of amides is 2. The summed E-state index contributed by atoms with van der Waals surface area (Å²) in [7, 11) is 0. The molecule has 1 aliphatic rings. The van der Waals surface area contributed by atoms with Gasteiger partial charge in [-0.05, 0) is 24.3 Å². The number of hydrogen-bond donors (Lipinski definition) is 3. The lowest BCUT2D eigenvalue weighted by molar-refractivity contribution is 0.0572. The van der Waals surface area contributed by atoms with Crippen molar-refractivity contribution in [1.82, 2.24) is 4.90 Å². The lowest BCUT2D eigenvalue weighted by Crippen LogP contribution is -2.33. The number of carbonyl (C=O) groups excluding carboxylic acids is 1. The van der Waals surface area contributed by atoms with E-state index in [1.165, 1.54) is 4.90 Å². The first-order valence-electron chi connectivity index (χ1n) is 5.24. The van der Waals surface area contributed by atoms with Crippen molar-refractivity contribution < 1.29 is 15.0 Å². The van der Waals surface area contributed by atoms with Crippen molar-refractivity contribution in [3.05, 3.63) is 29.3 Å². The molecule has 1 aromatic carbocycles. The van der Waals surface area contributed by atoms with Crippen LogP contribution in [0.5, 0.6) is 0 Å². The molecular weight excluding hydrogens is 244 g/mol. The minimum absolute atomic E-state index is 0.139. The summed E-state index contributed by atoms with van der Waals surface area (Å²) in [6.45, 7) is 0.279. The molecule has 2 amide bonds. The summed E-state index contributed by atoms with van der Waals surface area (Å²) in [5.74, 6) is 0. The van der Waals surface area contributed by atoms with Crippen LogP contribution in [-0.4, -0.2) is 46.4 Å². The average Bonchev–Trinajstić information content (AvgIpc) is 2.63. The number of nitrogens with zero attached hydrogens (tertiary/aromatic N) is 1. The minimum atomic E-state index is -0.869. The monoisotopic (exact) mass is 256 g/mol. The first-order valence-corrected chi connectivity index (χ1v) is 5.61. The van der Waals surface area contributed by atoms with Gasteiger partial charge in [-0.25, -0.2) is 4.79 Å². The second-order valence-electron chi connectivity index (χ2n) is 3.98. The number of β-amino-alcohol motifs (C(OH)–C–C–N with tert-alkyl or cyclic N) is 2. The van der Waals surface area contributed by atoms with Gasteiger partial charge in [-0.2, -0.15) is 0 Å². The Hall–Kier alpha value is -1.30. The topological polar surface area (TPSA) is 72.8 Å². The zero-order chi connectivity index (χ0) is 12.4. The molecule has 1 aromatic rings. The standard InChI is InChI=1S/C11H13ClN2O3/c12-7-1-3-8(4-2-7)13-11(17)14-5-9(15)10(16)6-14/h1-4,9-10,15-16H,5-6H2,(H,13,17). The van der Waals surface area contributed by atoms with E-state index >= 15 is 0 Å². The maximum atomic E-state index is 11.8. The molecule has 0 saturated carbocycles. The Kier molecular flexibility index (Phi) is 3.51. The van der Waals surface area contributed by atoms with Crippen molar-refractivity contribution in [2.45, 2.75) is 12.2 Å². The van der Waals surface area contributed by atoms with Crippen LogP contribution in [0.25, 0.3) is 0 Å². The molecule has 6 heteroatoms. The summed E-state index contributed by atoms with van der Waals surface area (Å²) < 4.78 is 0. The second-order valence-corrected chi connectivity index (χ2v) is 4.41. The fraction of sp³-hybridized carbons (Fsp3) is 0.364. The van der Waals surface area contributed by atoms with Gasteiger partial charge < -0.3 is 20.4 Å². The molecule has 1 saturated heterocycles. The molecule has 1 aliphatic heterocycles. The van der Waals surface area contributed by atoms with E-state index in [-0.39, 0.29) is 19.1 Å². The Morgan fingerprint density at radius 1 is 1.24 bits per heavy atom. The molecule has 0 aromatic heterocycles. The first-order chi connectivity index (χ1) is 8.06. The van der Waals surface area contributed by atoms with Crippen LogP contribution >= 0.6 is 11.6 Å². The maximum Gasteiger partial charge on any atom is 0.322 e. The molecule has 0 bridgehead atoms. The molecule has 3 N–H and O–H groups in total. The number of aliphatic hydroxyl groups is 2. The van der Waals surface area contributed by atoms with Gasteiger partial charge in [-0.15, -0.1) is 0 Å². The molecular formula is C11H13ClN2O3. The summed E-state index contributed by atoms with van der Waals surface area (Å²) in [5.41, 5.74) is 0.621. The van der Waals surface area contributed by atoms with Gasteiger partial charge in [-0.3, -0.25) is 0 Å². The van der Waals surface area contributed by atoms with Gasteiger partial charge in [0.2, 0.25) is 0 Å². The van der Waals surface area contributed by atoms with Crippen molar-refractivity contribution in [3.8, 4) is 0 Å². The van der Waals surface area contributed by atoms with E-state index in [1.54, 1.807) is 24.3 Å². The number of hydrogen-bond acceptors (Lipinski definition) is 3. The summed E-state index contributed by atoms with van der Waals surface area (Å²) in [4.78, 5) is 13.1.